The molecule has 6 heteroatoms. The van der Waals surface area contributed by atoms with Gasteiger partial charge in [-0.05, 0) is 50.7 Å². The van der Waals surface area contributed by atoms with Gasteiger partial charge in [0.1, 0.15) is 6.61 Å². The summed E-state index contributed by atoms with van der Waals surface area (Å²) in [5.74, 6) is -0.465. The Morgan fingerprint density at radius 2 is 2.24 bits per heavy atom. The first-order valence-corrected chi connectivity index (χ1v) is 8.47. The van der Waals surface area contributed by atoms with Crippen molar-refractivity contribution in [3.8, 4) is 5.75 Å². The van der Waals surface area contributed by atoms with Crippen molar-refractivity contribution in [1.82, 2.24) is 9.88 Å². The molecular weight excluding hydrogens is 321 g/mol. The van der Waals surface area contributed by atoms with Gasteiger partial charge in [0, 0.05) is 18.0 Å². The molecule has 2 aromatic rings. The Bertz CT molecular complexity index is 724. The van der Waals surface area contributed by atoms with E-state index in [2.05, 4.69) is 10.3 Å². The Labute approximate surface area is 146 Å². The van der Waals surface area contributed by atoms with Crippen LogP contribution in [0.5, 0.6) is 5.75 Å². The summed E-state index contributed by atoms with van der Waals surface area (Å²) in [5, 5.41) is 2.80. The van der Waals surface area contributed by atoms with Gasteiger partial charge in [-0.15, -0.1) is 0 Å². The molecule has 0 saturated carbocycles. The van der Waals surface area contributed by atoms with Crippen LogP contribution < -0.4 is 10.1 Å². The molecule has 0 spiro atoms. The van der Waals surface area contributed by atoms with Crippen molar-refractivity contribution in [2.75, 3.05) is 18.9 Å². The summed E-state index contributed by atoms with van der Waals surface area (Å²) < 4.78 is 19.7. The van der Waals surface area contributed by atoms with E-state index in [1.54, 1.807) is 12.3 Å². The van der Waals surface area contributed by atoms with Crippen molar-refractivity contribution >= 4 is 11.6 Å². The molecule has 1 aliphatic heterocycles. The molecule has 132 valence electrons. The highest BCUT2D eigenvalue weighted by atomic mass is 19.1. The minimum atomic E-state index is -0.509. The smallest absolute Gasteiger partial charge is 0.241 e. The number of ether oxygens (including phenoxy) is 1. The molecule has 0 aliphatic carbocycles. The first-order valence-electron chi connectivity index (χ1n) is 8.47. The van der Waals surface area contributed by atoms with Gasteiger partial charge in [-0.3, -0.25) is 14.7 Å². The second-order valence-corrected chi connectivity index (χ2v) is 6.24. The van der Waals surface area contributed by atoms with Gasteiger partial charge in [0.2, 0.25) is 5.91 Å². The van der Waals surface area contributed by atoms with Crippen LogP contribution in [0.1, 0.15) is 25.0 Å². The molecule has 1 aliphatic rings. The van der Waals surface area contributed by atoms with E-state index in [0.717, 1.165) is 31.5 Å². The Balaban J connectivity index is 1.60. The van der Waals surface area contributed by atoms with Crippen molar-refractivity contribution in [3.63, 3.8) is 0 Å². The van der Waals surface area contributed by atoms with Crippen LogP contribution in [-0.4, -0.2) is 35.4 Å². The van der Waals surface area contributed by atoms with E-state index < -0.39 is 5.82 Å². The lowest BCUT2D eigenvalue weighted by Gasteiger charge is -2.31. The largest absolute Gasteiger partial charge is 0.484 e. The topological polar surface area (TPSA) is 54.5 Å². The van der Waals surface area contributed by atoms with Gasteiger partial charge < -0.3 is 10.1 Å². The molecule has 3 rings (SSSR count). The number of carbonyl (C=O) groups is 1. The van der Waals surface area contributed by atoms with Crippen LogP contribution in [0.4, 0.5) is 10.1 Å². The molecule has 1 saturated heterocycles. The van der Waals surface area contributed by atoms with Crippen molar-refractivity contribution in [2.24, 2.45) is 0 Å². The monoisotopic (exact) mass is 343 g/mol. The number of nitrogens with one attached hydrogen (secondary N) is 1. The molecular formula is C19H22FN3O2. The maximum Gasteiger partial charge on any atom is 0.241 e. The summed E-state index contributed by atoms with van der Waals surface area (Å²) in [4.78, 5) is 18.5. The number of rotatable bonds is 5. The van der Waals surface area contributed by atoms with Crippen molar-refractivity contribution in [1.29, 1.82) is 0 Å². The quantitative estimate of drug-likeness (QED) is 0.906. The molecule has 25 heavy (non-hydrogen) atoms. The summed E-state index contributed by atoms with van der Waals surface area (Å²) in [6, 6.07) is 9.78. The number of likely N-dealkylation sites (tertiary alicyclic amines) is 1. The highest BCUT2D eigenvalue weighted by Crippen LogP contribution is 2.23. The lowest BCUT2D eigenvalue weighted by molar-refractivity contribution is -0.121. The van der Waals surface area contributed by atoms with Gasteiger partial charge in [0.05, 0.1) is 11.7 Å². The highest BCUT2D eigenvalue weighted by molar-refractivity contribution is 5.94. The van der Waals surface area contributed by atoms with Crippen LogP contribution >= 0.6 is 0 Å². The van der Waals surface area contributed by atoms with Gasteiger partial charge in [0.15, 0.2) is 11.6 Å². The number of amides is 1. The van der Waals surface area contributed by atoms with E-state index in [1.807, 2.05) is 30.1 Å². The van der Waals surface area contributed by atoms with Crippen LogP contribution in [-0.2, 0) is 11.4 Å². The predicted octanol–water partition coefficient (Wildman–Crippen LogP) is 3.22. The Hall–Kier alpha value is -2.47. The molecule has 1 aromatic heterocycles. The fourth-order valence-electron chi connectivity index (χ4n) is 2.96. The van der Waals surface area contributed by atoms with Crippen LogP contribution in [0.15, 0.2) is 42.6 Å². The first-order chi connectivity index (χ1) is 12.1. The maximum atomic E-state index is 14.2. The number of piperidine rings is 1. The number of benzene rings is 1. The lowest BCUT2D eigenvalue weighted by atomic mass is 10.0. The Morgan fingerprint density at radius 3 is 2.96 bits per heavy atom. The molecule has 0 radical (unpaired) electrons. The molecule has 1 N–H and O–H groups in total. The molecule has 1 atom stereocenters. The number of carbonyl (C=O) groups excluding carboxylic acids is 1. The van der Waals surface area contributed by atoms with E-state index >= 15 is 0 Å². The van der Waals surface area contributed by atoms with Gasteiger partial charge in [-0.25, -0.2) is 4.39 Å². The molecule has 2 heterocycles. The molecule has 1 unspecified atom stereocenters. The van der Waals surface area contributed by atoms with E-state index in [9.17, 15) is 9.18 Å². The number of halogens is 1. The van der Waals surface area contributed by atoms with Crippen LogP contribution in [0.25, 0.3) is 0 Å². The third kappa shape index (κ3) is 4.54. The molecule has 5 nitrogen and oxygen atoms in total. The van der Waals surface area contributed by atoms with Crippen LogP contribution in [0.2, 0.25) is 0 Å². The van der Waals surface area contributed by atoms with E-state index in [1.165, 1.54) is 12.1 Å². The van der Waals surface area contributed by atoms with Crippen molar-refractivity contribution < 1.29 is 13.9 Å². The summed E-state index contributed by atoms with van der Waals surface area (Å²) >= 11 is 0. The Kier molecular flexibility index (Phi) is 5.60. The average Bonchev–Trinajstić information content (AvgIpc) is 2.62. The molecule has 1 aromatic carbocycles. The zero-order valence-electron chi connectivity index (χ0n) is 14.2. The van der Waals surface area contributed by atoms with E-state index in [0.29, 0.717) is 5.69 Å². The maximum absolute atomic E-state index is 14.2. The summed E-state index contributed by atoms with van der Waals surface area (Å²) in [6.07, 6.45) is 4.64. The second-order valence-electron chi connectivity index (χ2n) is 6.24. The molecule has 1 amide bonds. The van der Waals surface area contributed by atoms with E-state index in [-0.39, 0.29) is 24.3 Å². The third-order valence-electron chi connectivity index (χ3n) is 4.37. The van der Waals surface area contributed by atoms with Crippen LogP contribution in [0.3, 0.4) is 0 Å². The number of aromatic nitrogens is 1. The van der Waals surface area contributed by atoms with Crippen LogP contribution in [0, 0.1) is 5.82 Å². The first kappa shape index (κ1) is 17.4. The Morgan fingerprint density at radius 1 is 1.36 bits per heavy atom. The van der Waals surface area contributed by atoms with Crippen molar-refractivity contribution in [3.05, 3.63) is 54.1 Å². The summed E-state index contributed by atoms with van der Waals surface area (Å²) in [5.41, 5.74) is 1.16. The number of hydrogen-bond donors (Lipinski definition) is 1. The van der Waals surface area contributed by atoms with Gasteiger partial charge in [-0.2, -0.15) is 0 Å². The standard InChI is InChI=1S/C19H22FN3O2/c1-23-11-5-3-7-17(23)19(24)22-14-8-9-18(16(20)12-14)25-13-15-6-2-4-10-21-15/h2,4,6,8-10,12,17H,3,5,7,11,13H2,1H3,(H,22,24). The zero-order chi connectivity index (χ0) is 17.6. The second kappa shape index (κ2) is 8.07. The van der Waals surface area contributed by atoms with Crippen molar-refractivity contribution in [2.45, 2.75) is 31.9 Å². The molecule has 1 fully saturated rings. The summed E-state index contributed by atoms with van der Waals surface area (Å²) in [7, 11) is 1.94. The average molecular weight is 343 g/mol. The van der Waals surface area contributed by atoms with E-state index in [4.69, 9.17) is 4.74 Å². The number of pyridine rings is 1. The lowest BCUT2D eigenvalue weighted by Crippen LogP contribution is -2.44. The number of anilines is 1. The minimum Gasteiger partial charge on any atom is -0.484 e. The van der Waals surface area contributed by atoms with Gasteiger partial charge >= 0.3 is 0 Å². The normalized spacial score (nSPS) is 17.9. The molecule has 0 bridgehead atoms. The number of nitrogens with zero attached hydrogens (tertiary/aromatic N) is 2. The minimum absolute atomic E-state index is 0.0937. The zero-order valence-corrected chi connectivity index (χ0v) is 14.2. The third-order valence-corrected chi connectivity index (χ3v) is 4.37. The van der Waals surface area contributed by atoms with Gasteiger partial charge in [0.25, 0.3) is 0 Å². The fourth-order valence-corrected chi connectivity index (χ4v) is 2.96. The highest BCUT2D eigenvalue weighted by Gasteiger charge is 2.25. The summed E-state index contributed by atoms with van der Waals surface area (Å²) in [6.45, 7) is 1.10. The number of hydrogen-bond acceptors (Lipinski definition) is 4. The predicted molar refractivity (Wildman–Crippen MR) is 93.9 cm³/mol. The number of likely N-dealkylation sites (N-methyl/N-ethyl adjacent to an activating group) is 1. The van der Waals surface area contributed by atoms with Gasteiger partial charge in [-0.1, -0.05) is 12.5 Å². The SMILES string of the molecule is CN1CCCCC1C(=O)Nc1ccc(OCc2ccccn2)c(F)c1. The fraction of sp³-hybridized carbons (Fsp3) is 0.368.